The summed E-state index contributed by atoms with van der Waals surface area (Å²) in [7, 11) is 0. The summed E-state index contributed by atoms with van der Waals surface area (Å²) in [6.07, 6.45) is 2.49. The van der Waals surface area contributed by atoms with Gasteiger partial charge in [-0.2, -0.15) is 0 Å². The van der Waals surface area contributed by atoms with Gasteiger partial charge in [-0.15, -0.1) is 0 Å². The molecule has 0 aromatic heterocycles. The van der Waals surface area contributed by atoms with E-state index in [1.165, 1.54) is 12.8 Å². The maximum Gasteiger partial charge on any atom is 0.176 e. The average Bonchev–Trinajstić information content (AvgIpc) is 2.40. The number of Topliss-reactive ketones (excluding diaryl/α,β-unsaturated/α-hetero) is 1. The molecule has 1 fully saturated rings. The summed E-state index contributed by atoms with van der Waals surface area (Å²) >= 11 is 0. The summed E-state index contributed by atoms with van der Waals surface area (Å²) in [5.74, 6) is 1.74. The van der Waals surface area contributed by atoms with Crippen molar-refractivity contribution in [3.05, 3.63) is 29.8 Å². The summed E-state index contributed by atoms with van der Waals surface area (Å²) in [5.41, 5.74) is 0.779. The molecular formula is C16H23NO2. The Morgan fingerprint density at radius 2 is 2.11 bits per heavy atom. The van der Waals surface area contributed by atoms with E-state index in [9.17, 15) is 4.79 Å². The first kappa shape index (κ1) is 14.1. The highest BCUT2D eigenvalue weighted by atomic mass is 16.5. The molecule has 0 amide bonds. The Morgan fingerprint density at radius 1 is 1.37 bits per heavy atom. The largest absolute Gasteiger partial charge is 0.494 e. The zero-order chi connectivity index (χ0) is 13.7. The lowest BCUT2D eigenvalue weighted by molar-refractivity contribution is 0.0893. The molecule has 0 saturated carbocycles. The number of piperidine rings is 1. The highest BCUT2D eigenvalue weighted by Gasteiger charge is 2.19. The van der Waals surface area contributed by atoms with Gasteiger partial charge in [-0.3, -0.25) is 9.69 Å². The summed E-state index contributed by atoms with van der Waals surface area (Å²) in [6.45, 7) is 7.50. The zero-order valence-corrected chi connectivity index (χ0v) is 11.9. The Morgan fingerprint density at radius 3 is 2.74 bits per heavy atom. The number of likely N-dealkylation sites (tertiary alicyclic amines) is 1. The van der Waals surface area contributed by atoms with Crippen LogP contribution in [0.5, 0.6) is 5.75 Å². The van der Waals surface area contributed by atoms with Crippen LogP contribution in [0.4, 0.5) is 0 Å². The Balaban J connectivity index is 1.91. The van der Waals surface area contributed by atoms with E-state index < -0.39 is 0 Å². The lowest BCUT2D eigenvalue weighted by atomic mass is 9.99. The predicted molar refractivity (Wildman–Crippen MR) is 76.8 cm³/mol. The Labute approximate surface area is 115 Å². The van der Waals surface area contributed by atoms with Crippen LogP contribution >= 0.6 is 0 Å². The van der Waals surface area contributed by atoms with Crippen molar-refractivity contribution in [2.75, 3.05) is 26.2 Å². The zero-order valence-electron chi connectivity index (χ0n) is 11.9. The standard InChI is InChI=1S/C16H23NO2/c1-3-19-15-8-6-14(7-9-15)16(18)12-17-10-4-5-13(2)11-17/h6-9,13H,3-5,10-12H2,1-2H3. The van der Waals surface area contributed by atoms with Crippen LogP contribution in [0.15, 0.2) is 24.3 Å². The van der Waals surface area contributed by atoms with Crippen molar-refractivity contribution in [2.24, 2.45) is 5.92 Å². The molecule has 1 heterocycles. The smallest absolute Gasteiger partial charge is 0.176 e. The second kappa shape index (κ2) is 6.71. The van der Waals surface area contributed by atoms with Crippen molar-refractivity contribution in [2.45, 2.75) is 26.7 Å². The van der Waals surface area contributed by atoms with Gasteiger partial charge in [0.1, 0.15) is 5.75 Å². The fourth-order valence-corrected chi connectivity index (χ4v) is 2.63. The van der Waals surface area contributed by atoms with Crippen LogP contribution in [-0.4, -0.2) is 36.9 Å². The van der Waals surface area contributed by atoms with Crippen molar-refractivity contribution >= 4 is 5.78 Å². The maximum atomic E-state index is 12.2. The molecule has 3 nitrogen and oxygen atoms in total. The van der Waals surface area contributed by atoms with Crippen LogP contribution in [0.1, 0.15) is 37.0 Å². The molecule has 1 aromatic rings. The quantitative estimate of drug-likeness (QED) is 0.763. The molecule has 0 aliphatic carbocycles. The van der Waals surface area contributed by atoms with Gasteiger partial charge in [0.05, 0.1) is 13.2 Å². The van der Waals surface area contributed by atoms with Gasteiger partial charge in [-0.05, 0) is 56.5 Å². The highest BCUT2D eigenvalue weighted by Crippen LogP contribution is 2.17. The molecule has 1 aliphatic rings. The average molecular weight is 261 g/mol. The van der Waals surface area contributed by atoms with E-state index in [1.54, 1.807) is 0 Å². The van der Waals surface area contributed by atoms with Gasteiger partial charge >= 0.3 is 0 Å². The van der Waals surface area contributed by atoms with Crippen LogP contribution in [0.25, 0.3) is 0 Å². The van der Waals surface area contributed by atoms with Gasteiger partial charge in [-0.25, -0.2) is 0 Å². The Bertz CT molecular complexity index is 413. The molecule has 3 heteroatoms. The van der Waals surface area contributed by atoms with Crippen LogP contribution in [0.2, 0.25) is 0 Å². The number of ether oxygens (including phenoxy) is 1. The molecule has 1 aliphatic heterocycles. The van der Waals surface area contributed by atoms with E-state index in [2.05, 4.69) is 11.8 Å². The number of ketones is 1. The first-order valence-corrected chi connectivity index (χ1v) is 7.17. The third kappa shape index (κ3) is 4.06. The number of carbonyl (C=O) groups is 1. The number of hydrogen-bond acceptors (Lipinski definition) is 3. The third-order valence-corrected chi connectivity index (χ3v) is 3.60. The fraction of sp³-hybridized carbons (Fsp3) is 0.562. The van der Waals surface area contributed by atoms with Crippen molar-refractivity contribution in [1.82, 2.24) is 4.90 Å². The lowest BCUT2D eigenvalue weighted by Gasteiger charge is -2.30. The van der Waals surface area contributed by atoms with Gasteiger partial charge in [0, 0.05) is 12.1 Å². The van der Waals surface area contributed by atoms with Crippen molar-refractivity contribution in [3.8, 4) is 5.75 Å². The van der Waals surface area contributed by atoms with E-state index in [0.29, 0.717) is 19.1 Å². The number of hydrogen-bond donors (Lipinski definition) is 0. The van der Waals surface area contributed by atoms with Crippen molar-refractivity contribution in [3.63, 3.8) is 0 Å². The van der Waals surface area contributed by atoms with Gasteiger partial charge in [-0.1, -0.05) is 6.92 Å². The lowest BCUT2D eigenvalue weighted by Crippen LogP contribution is -2.37. The number of rotatable bonds is 5. The van der Waals surface area contributed by atoms with Crippen LogP contribution in [0.3, 0.4) is 0 Å². The monoisotopic (exact) mass is 261 g/mol. The van der Waals surface area contributed by atoms with E-state index in [0.717, 1.165) is 24.4 Å². The predicted octanol–water partition coefficient (Wildman–Crippen LogP) is 3.00. The van der Waals surface area contributed by atoms with Crippen LogP contribution in [0, 0.1) is 5.92 Å². The highest BCUT2D eigenvalue weighted by molar-refractivity contribution is 5.97. The van der Waals surface area contributed by atoms with Crippen LogP contribution in [-0.2, 0) is 0 Å². The second-order valence-electron chi connectivity index (χ2n) is 5.36. The van der Waals surface area contributed by atoms with Crippen LogP contribution < -0.4 is 4.74 Å². The van der Waals surface area contributed by atoms with E-state index in [1.807, 2.05) is 31.2 Å². The molecule has 0 spiro atoms. The summed E-state index contributed by atoms with van der Waals surface area (Å²) in [5, 5.41) is 0. The van der Waals surface area contributed by atoms with E-state index >= 15 is 0 Å². The van der Waals surface area contributed by atoms with Gasteiger partial charge in [0.15, 0.2) is 5.78 Å². The molecule has 0 radical (unpaired) electrons. The normalized spacial score (nSPS) is 20.2. The molecule has 0 bridgehead atoms. The molecule has 19 heavy (non-hydrogen) atoms. The minimum absolute atomic E-state index is 0.206. The molecule has 1 atom stereocenters. The van der Waals surface area contributed by atoms with E-state index in [4.69, 9.17) is 4.74 Å². The van der Waals surface area contributed by atoms with Gasteiger partial charge in [0.2, 0.25) is 0 Å². The molecule has 104 valence electrons. The third-order valence-electron chi connectivity index (χ3n) is 3.60. The van der Waals surface area contributed by atoms with Crippen molar-refractivity contribution in [1.29, 1.82) is 0 Å². The topological polar surface area (TPSA) is 29.5 Å². The van der Waals surface area contributed by atoms with E-state index in [-0.39, 0.29) is 5.78 Å². The Kier molecular flexibility index (Phi) is 4.97. The molecule has 1 unspecified atom stereocenters. The molecular weight excluding hydrogens is 238 g/mol. The number of nitrogens with zero attached hydrogens (tertiary/aromatic N) is 1. The number of benzene rings is 1. The molecule has 1 saturated heterocycles. The number of carbonyl (C=O) groups excluding carboxylic acids is 1. The summed E-state index contributed by atoms with van der Waals surface area (Å²) in [6, 6.07) is 7.46. The molecule has 1 aromatic carbocycles. The maximum absolute atomic E-state index is 12.2. The minimum Gasteiger partial charge on any atom is -0.494 e. The second-order valence-corrected chi connectivity index (χ2v) is 5.36. The molecule has 2 rings (SSSR count). The first-order valence-electron chi connectivity index (χ1n) is 7.17. The summed E-state index contributed by atoms with van der Waals surface area (Å²) < 4.78 is 5.38. The SMILES string of the molecule is CCOc1ccc(C(=O)CN2CCCC(C)C2)cc1. The van der Waals surface area contributed by atoms with Crippen molar-refractivity contribution < 1.29 is 9.53 Å². The summed E-state index contributed by atoms with van der Waals surface area (Å²) in [4.78, 5) is 14.5. The van der Waals surface area contributed by atoms with Gasteiger partial charge < -0.3 is 4.74 Å². The Hall–Kier alpha value is -1.35. The van der Waals surface area contributed by atoms with Gasteiger partial charge in [0.25, 0.3) is 0 Å². The fourth-order valence-electron chi connectivity index (χ4n) is 2.63. The first-order chi connectivity index (χ1) is 9.19. The minimum atomic E-state index is 0.206. The molecule has 0 N–H and O–H groups in total.